The van der Waals surface area contributed by atoms with E-state index in [1.807, 2.05) is 0 Å². The van der Waals surface area contributed by atoms with Gasteiger partial charge in [-0.3, -0.25) is 0 Å². The van der Waals surface area contributed by atoms with Gasteiger partial charge >= 0.3 is 0 Å². The van der Waals surface area contributed by atoms with Crippen LogP contribution >= 0.6 is 48.0 Å². The van der Waals surface area contributed by atoms with Crippen LogP contribution in [0.25, 0.3) is 0 Å². The Morgan fingerprint density at radius 2 is 1.21 bits per heavy atom. The van der Waals surface area contributed by atoms with Crippen LogP contribution in [0, 0.1) is 0 Å². The third-order valence-electron chi connectivity index (χ3n) is 2.16. The summed E-state index contributed by atoms with van der Waals surface area (Å²) in [6.45, 7) is 5.77. The van der Waals surface area contributed by atoms with Crippen molar-refractivity contribution in [3.8, 4) is 0 Å². The van der Waals surface area contributed by atoms with Crippen LogP contribution in [0.15, 0.2) is 0 Å². The number of ether oxygens (including phenoxy) is 2. The maximum absolute atomic E-state index is 5.41. The Kier molecular flexibility index (Phi) is 15.3. The molecule has 0 N–H and O–H groups in total. The van der Waals surface area contributed by atoms with Crippen molar-refractivity contribution in [2.24, 2.45) is 0 Å². The summed E-state index contributed by atoms with van der Waals surface area (Å²) >= 11 is 13.5. The van der Waals surface area contributed by atoms with Crippen molar-refractivity contribution in [3.63, 3.8) is 0 Å². The van der Waals surface area contributed by atoms with Crippen LogP contribution < -0.4 is 0 Å². The molecule has 0 radical (unpaired) electrons. The first-order valence-corrected chi connectivity index (χ1v) is 9.58. The highest BCUT2D eigenvalue weighted by atomic mass is 32.2. The van der Waals surface area contributed by atoms with Crippen molar-refractivity contribution in [3.05, 3.63) is 0 Å². The molecule has 2 nitrogen and oxygen atoms in total. The fourth-order valence-corrected chi connectivity index (χ4v) is 3.15. The molecular formula is C13H24O2S4. The monoisotopic (exact) mass is 340 g/mol. The second-order valence-electron chi connectivity index (χ2n) is 3.95. The average Bonchev–Trinajstić information content (AvgIpc) is 2.39. The zero-order chi connectivity index (χ0) is 14.3. The summed E-state index contributed by atoms with van der Waals surface area (Å²) in [5.41, 5.74) is 0. The quantitative estimate of drug-likeness (QED) is 0.406. The van der Waals surface area contributed by atoms with Gasteiger partial charge in [0.25, 0.3) is 0 Å². The highest BCUT2D eigenvalue weighted by Gasteiger charge is 2.01. The van der Waals surface area contributed by atoms with Gasteiger partial charge in [0.2, 0.25) is 8.77 Å². The van der Waals surface area contributed by atoms with Crippen molar-refractivity contribution >= 4 is 56.7 Å². The molecule has 0 heterocycles. The summed E-state index contributed by atoms with van der Waals surface area (Å²) in [5.74, 6) is 1.96. The topological polar surface area (TPSA) is 18.5 Å². The maximum Gasteiger partial charge on any atom is 0.219 e. The predicted molar refractivity (Wildman–Crippen MR) is 96.4 cm³/mol. The van der Waals surface area contributed by atoms with Crippen molar-refractivity contribution in [1.29, 1.82) is 0 Å². The lowest BCUT2D eigenvalue weighted by molar-refractivity contribution is 0.313. The Hall–Kier alpha value is 0.480. The minimum atomic E-state index is 0.667. The summed E-state index contributed by atoms with van der Waals surface area (Å²) in [5, 5.41) is 0. The molecule has 19 heavy (non-hydrogen) atoms. The molecule has 0 aromatic carbocycles. The molecule has 0 spiro atoms. The fraction of sp³-hybridized carbons (Fsp3) is 0.846. The third kappa shape index (κ3) is 14.7. The van der Waals surface area contributed by atoms with Gasteiger partial charge in [-0.15, -0.1) is 0 Å². The Labute approximate surface area is 136 Å². The van der Waals surface area contributed by atoms with Gasteiger partial charge in [-0.05, 0) is 43.7 Å². The zero-order valence-corrected chi connectivity index (χ0v) is 15.1. The molecule has 112 valence electrons. The standard InChI is InChI=1S/C13H24O2S4/c1-3-5-8-14-12(16)18-10-7-11-19-13(17)15-9-6-4-2/h3-11H2,1-2H3. The second-order valence-corrected chi connectivity index (χ2v) is 7.35. The van der Waals surface area contributed by atoms with E-state index in [0.29, 0.717) is 8.77 Å². The molecule has 0 aromatic rings. The predicted octanol–water partition coefficient (Wildman–Crippen LogP) is 5.05. The maximum atomic E-state index is 5.41. The van der Waals surface area contributed by atoms with E-state index in [0.717, 1.165) is 56.8 Å². The lowest BCUT2D eigenvalue weighted by Gasteiger charge is -2.07. The van der Waals surface area contributed by atoms with E-state index in [2.05, 4.69) is 13.8 Å². The lowest BCUT2D eigenvalue weighted by Crippen LogP contribution is -2.02. The molecule has 0 aliphatic rings. The van der Waals surface area contributed by atoms with Crippen molar-refractivity contribution < 1.29 is 9.47 Å². The van der Waals surface area contributed by atoms with Crippen LogP contribution in [0.5, 0.6) is 0 Å². The number of hydrogen-bond donors (Lipinski definition) is 0. The summed E-state index contributed by atoms with van der Waals surface area (Å²) in [7, 11) is 0. The van der Waals surface area contributed by atoms with Crippen LogP contribution in [0.4, 0.5) is 0 Å². The van der Waals surface area contributed by atoms with Crippen LogP contribution in [0.1, 0.15) is 46.0 Å². The van der Waals surface area contributed by atoms with E-state index in [9.17, 15) is 0 Å². The molecule has 0 aliphatic carbocycles. The minimum absolute atomic E-state index is 0.667. The van der Waals surface area contributed by atoms with E-state index in [-0.39, 0.29) is 0 Å². The van der Waals surface area contributed by atoms with Gasteiger partial charge in [-0.1, -0.05) is 50.2 Å². The smallest absolute Gasteiger partial charge is 0.219 e. The summed E-state index contributed by atoms with van der Waals surface area (Å²) in [6, 6.07) is 0. The number of thioether (sulfide) groups is 2. The fourth-order valence-electron chi connectivity index (χ4n) is 1.05. The van der Waals surface area contributed by atoms with Gasteiger partial charge in [-0.2, -0.15) is 0 Å². The average molecular weight is 341 g/mol. The van der Waals surface area contributed by atoms with Gasteiger partial charge < -0.3 is 9.47 Å². The number of thiocarbonyl (C=S) groups is 2. The Morgan fingerprint density at radius 1 is 0.789 bits per heavy atom. The largest absolute Gasteiger partial charge is 0.479 e. The van der Waals surface area contributed by atoms with Crippen molar-refractivity contribution in [2.75, 3.05) is 24.7 Å². The van der Waals surface area contributed by atoms with Crippen LogP contribution in [-0.2, 0) is 9.47 Å². The molecular weight excluding hydrogens is 316 g/mol. The molecule has 0 aromatic heterocycles. The van der Waals surface area contributed by atoms with Gasteiger partial charge in [-0.25, -0.2) is 0 Å². The van der Waals surface area contributed by atoms with Gasteiger partial charge in [0.15, 0.2) is 0 Å². The van der Waals surface area contributed by atoms with E-state index in [1.165, 1.54) is 0 Å². The molecule has 0 bridgehead atoms. The molecule has 0 saturated carbocycles. The summed E-state index contributed by atoms with van der Waals surface area (Å²) in [6.07, 6.45) is 5.47. The summed E-state index contributed by atoms with van der Waals surface area (Å²) in [4.78, 5) is 0. The normalized spacial score (nSPS) is 10.2. The molecule has 0 atom stereocenters. The van der Waals surface area contributed by atoms with Crippen molar-refractivity contribution in [1.82, 2.24) is 0 Å². The third-order valence-corrected chi connectivity index (χ3v) is 4.80. The first-order chi connectivity index (χ1) is 9.20. The molecule has 0 unspecified atom stereocenters. The number of unbranched alkanes of at least 4 members (excludes halogenated alkanes) is 2. The Morgan fingerprint density at radius 3 is 1.58 bits per heavy atom. The molecule has 0 amide bonds. The molecule has 0 rings (SSSR count). The van der Waals surface area contributed by atoms with Crippen LogP contribution in [-0.4, -0.2) is 33.5 Å². The zero-order valence-electron chi connectivity index (χ0n) is 11.8. The van der Waals surface area contributed by atoms with Crippen LogP contribution in [0.2, 0.25) is 0 Å². The summed E-state index contributed by atoms with van der Waals surface area (Å²) < 4.78 is 12.2. The molecule has 0 aliphatic heterocycles. The molecule has 0 fully saturated rings. The van der Waals surface area contributed by atoms with Crippen molar-refractivity contribution in [2.45, 2.75) is 46.0 Å². The molecule has 6 heteroatoms. The highest BCUT2D eigenvalue weighted by Crippen LogP contribution is 2.13. The van der Waals surface area contributed by atoms with Gasteiger partial charge in [0, 0.05) is 11.5 Å². The van der Waals surface area contributed by atoms with E-state index in [1.54, 1.807) is 23.5 Å². The van der Waals surface area contributed by atoms with Crippen LogP contribution in [0.3, 0.4) is 0 Å². The first kappa shape index (κ1) is 19.5. The first-order valence-electron chi connectivity index (χ1n) is 6.79. The van der Waals surface area contributed by atoms with Gasteiger partial charge in [0.1, 0.15) is 0 Å². The van der Waals surface area contributed by atoms with E-state index >= 15 is 0 Å². The van der Waals surface area contributed by atoms with Gasteiger partial charge in [0.05, 0.1) is 13.2 Å². The highest BCUT2D eigenvalue weighted by molar-refractivity contribution is 8.23. The number of hydrogen-bond acceptors (Lipinski definition) is 6. The lowest BCUT2D eigenvalue weighted by atomic mass is 10.4. The second kappa shape index (κ2) is 14.9. The minimum Gasteiger partial charge on any atom is -0.479 e. The SMILES string of the molecule is CCCCOC(=S)SCCCSC(=S)OCCCC. The Balaban J connectivity index is 3.29. The van der Waals surface area contributed by atoms with E-state index < -0.39 is 0 Å². The Bertz CT molecular complexity index is 223. The van der Waals surface area contributed by atoms with E-state index in [4.69, 9.17) is 33.9 Å². The molecule has 0 saturated heterocycles. The number of rotatable bonds is 10.